The summed E-state index contributed by atoms with van der Waals surface area (Å²) in [5, 5.41) is 6.61. The van der Waals surface area contributed by atoms with Gasteiger partial charge in [-0.3, -0.25) is 9.82 Å². The molecule has 0 bridgehead atoms. The number of thiazole rings is 1. The average molecular weight is 518 g/mol. The van der Waals surface area contributed by atoms with Gasteiger partial charge in [-0.1, -0.05) is 34.5 Å². The molecule has 0 atom stereocenters. The van der Waals surface area contributed by atoms with Gasteiger partial charge in [0.15, 0.2) is 16.7 Å². The van der Waals surface area contributed by atoms with E-state index in [9.17, 15) is 17.2 Å². The number of halogens is 4. The number of benzene rings is 2. The molecule has 0 amide bonds. The summed E-state index contributed by atoms with van der Waals surface area (Å²) in [7, 11) is -4.48. The fourth-order valence-electron chi connectivity index (χ4n) is 2.70. The zero-order chi connectivity index (χ0) is 23.0. The first-order valence-electron chi connectivity index (χ1n) is 8.54. The molecule has 0 unspecified atom stereocenters. The maximum Gasteiger partial charge on any atom is 0.266 e. The Kier molecular flexibility index (Phi) is 5.95. The van der Waals surface area contributed by atoms with Gasteiger partial charge < -0.3 is 10.5 Å². The number of nitrogens with one attached hydrogen (secondary N) is 2. The third-order valence-corrected chi connectivity index (χ3v) is 6.84. The molecule has 2 aromatic carbocycles. The number of aromatic amines is 1. The zero-order valence-electron chi connectivity index (χ0n) is 15.6. The number of rotatable bonds is 6. The lowest BCUT2D eigenvalue weighted by atomic mass is 10.1. The van der Waals surface area contributed by atoms with Crippen molar-refractivity contribution in [3.05, 3.63) is 63.7 Å². The number of nitrogen functional groups attached to an aromatic ring is 1. The maximum absolute atomic E-state index is 14.7. The second-order valence-electron chi connectivity index (χ2n) is 6.23. The summed E-state index contributed by atoms with van der Waals surface area (Å²) in [6.45, 7) is 0. The van der Waals surface area contributed by atoms with Crippen LogP contribution in [-0.4, -0.2) is 23.6 Å². The Labute approximate surface area is 194 Å². The van der Waals surface area contributed by atoms with Crippen LogP contribution in [0.1, 0.15) is 0 Å². The molecule has 0 aliphatic rings. The van der Waals surface area contributed by atoms with Gasteiger partial charge in [0.25, 0.3) is 10.0 Å². The second kappa shape index (κ2) is 8.54. The SMILES string of the molecule is Nc1[nH]ncc1-c1cc(Cl)ccc1Oc1cc(F)c(S(=O)(=O)Nc2ncc(Cl)s2)cc1F. The van der Waals surface area contributed by atoms with E-state index >= 15 is 0 Å². The third kappa shape index (κ3) is 4.48. The van der Waals surface area contributed by atoms with Crippen molar-refractivity contribution in [1.29, 1.82) is 0 Å². The molecule has 0 saturated carbocycles. The maximum atomic E-state index is 14.7. The van der Waals surface area contributed by atoms with Crippen molar-refractivity contribution in [3.63, 3.8) is 0 Å². The molecule has 2 aromatic heterocycles. The van der Waals surface area contributed by atoms with Gasteiger partial charge in [0.05, 0.1) is 12.4 Å². The lowest BCUT2D eigenvalue weighted by molar-refractivity contribution is 0.433. The van der Waals surface area contributed by atoms with Gasteiger partial charge >= 0.3 is 0 Å². The normalized spacial score (nSPS) is 11.5. The molecule has 166 valence electrons. The molecule has 0 spiro atoms. The van der Waals surface area contributed by atoms with Gasteiger partial charge in [0, 0.05) is 28.3 Å². The van der Waals surface area contributed by atoms with Crippen LogP contribution >= 0.6 is 34.5 Å². The van der Waals surface area contributed by atoms with Crippen molar-refractivity contribution in [2.24, 2.45) is 0 Å². The van der Waals surface area contributed by atoms with Crippen LogP contribution in [0.4, 0.5) is 19.7 Å². The Morgan fingerprint density at radius 2 is 1.84 bits per heavy atom. The fraction of sp³-hybridized carbons (Fsp3) is 0. The Morgan fingerprint density at radius 3 is 2.50 bits per heavy atom. The number of hydrogen-bond donors (Lipinski definition) is 3. The van der Waals surface area contributed by atoms with Gasteiger partial charge in [0.1, 0.15) is 26.6 Å². The van der Waals surface area contributed by atoms with Crippen molar-refractivity contribution in [2.45, 2.75) is 4.90 Å². The van der Waals surface area contributed by atoms with Crippen LogP contribution in [0.25, 0.3) is 11.1 Å². The largest absolute Gasteiger partial charge is 0.454 e. The highest BCUT2D eigenvalue weighted by atomic mass is 35.5. The summed E-state index contributed by atoms with van der Waals surface area (Å²) in [5.74, 6) is -2.62. The molecule has 0 aliphatic carbocycles. The van der Waals surface area contributed by atoms with Crippen molar-refractivity contribution < 1.29 is 21.9 Å². The topological polar surface area (TPSA) is 123 Å². The van der Waals surface area contributed by atoms with Crippen molar-refractivity contribution in [1.82, 2.24) is 15.2 Å². The molecular formula is C18H11Cl2F2N5O3S2. The molecule has 0 saturated heterocycles. The Morgan fingerprint density at radius 1 is 1.06 bits per heavy atom. The first-order valence-corrected chi connectivity index (χ1v) is 11.6. The van der Waals surface area contributed by atoms with E-state index in [1.807, 2.05) is 4.72 Å². The standard InChI is InChI=1S/C18H11Cl2F2N5O3S2/c19-8-1-2-13(9(3-8)10-6-25-26-17(10)23)30-14-4-12(22)15(5-11(14)21)32(28,29)27-18-24-7-16(20)31-18/h1-7H,(H,24,27)(H3,23,25,26). The number of aromatic nitrogens is 3. The first kappa shape index (κ1) is 22.3. The van der Waals surface area contributed by atoms with E-state index in [0.717, 1.165) is 11.3 Å². The Balaban J connectivity index is 1.69. The summed E-state index contributed by atoms with van der Waals surface area (Å²) < 4.78 is 62.1. The highest BCUT2D eigenvalue weighted by Gasteiger charge is 2.24. The monoisotopic (exact) mass is 517 g/mol. The van der Waals surface area contributed by atoms with Crippen LogP contribution < -0.4 is 15.2 Å². The molecule has 4 aromatic rings. The van der Waals surface area contributed by atoms with E-state index in [1.54, 1.807) is 0 Å². The van der Waals surface area contributed by atoms with Crippen LogP contribution in [0.2, 0.25) is 9.36 Å². The molecule has 32 heavy (non-hydrogen) atoms. The summed E-state index contributed by atoms with van der Waals surface area (Å²) >= 11 is 12.6. The third-order valence-electron chi connectivity index (χ3n) is 4.10. The minimum atomic E-state index is -4.48. The summed E-state index contributed by atoms with van der Waals surface area (Å²) in [4.78, 5) is 2.80. The number of H-pyrrole nitrogens is 1. The molecule has 8 nitrogen and oxygen atoms in total. The molecule has 2 heterocycles. The summed E-state index contributed by atoms with van der Waals surface area (Å²) in [6.07, 6.45) is 2.63. The van der Waals surface area contributed by atoms with Crippen molar-refractivity contribution >= 4 is 55.5 Å². The molecule has 0 radical (unpaired) electrons. The number of nitrogens with two attached hydrogens (primary N) is 1. The quantitative estimate of drug-likeness (QED) is 0.319. The Hall–Kier alpha value is -2.93. The van der Waals surface area contributed by atoms with E-state index in [1.165, 1.54) is 30.6 Å². The van der Waals surface area contributed by atoms with Crippen LogP contribution in [0.5, 0.6) is 11.5 Å². The van der Waals surface area contributed by atoms with Gasteiger partial charge in [-0.2, -0.15) is 5.10 Å². The number of sulfonamides is 1. The van der Waals surface area contributed by atoms with Crippen LogP contribution in [0.3, 0.4) is 0 Å². The lowest BCUT2D eigenvalue weighted by Crippen LogP contribution is -2.15. The van der Waals surface area contributed by atoms with E-state index < -0.39 is 32.3 Å². The van der Waals surface area contributed by atoms with Crippen LogP contribution in [0.15, 0.2) is 47.6 Å². The molecule has 0 fully saturated rings. The van der Waals surface area contributed by atoms with Crippen molar-refractivity contribution in [3.8, 4) is 22.6 Å². The first-order chi connectivity index (χ1) is 15.1. The predicted octanol–water partition coefficient (Wildman–Crippen LogP) is 5.29. The predicted molar refractivity (Wildman–Crippen MR) is 118 cm³/mol. The van der Waals surface area contributed by atoms with Gasteiger partial charge in [-0.15, -0.1) is 0 Å². The minimum absolute atomic E-state index is 0.0898. The highest BCUT2D eigenvalue weighted by Crippen LogP contribution is 2.39. The fourth-order valence-corrected chi connectivity index (χ4v) is 5.00. The minimum Gasteiger partial charge on any atom is -0.454 e. The van der Waals surface area contributed by atoms with E-state index in [4.69, 9.17) is 33.7 Å². The number of ether oxygens (including phenoxy) is 1. The van der Waals surface area contributed by atoms with Crippen molar-refractivity contribution in [2.75, 3.05) is 10.5 Å². The smallest absolute Gasteiger partial charge is 0.266 e. The van der Waals surface area contributed by atoms with Crippen LogP contribution in [-0.2, 0) is 10.0 Å². The summed E-state index contributed by atoms with van der Waals surface area (Å²) in [5.41, 5.74) is 6.62. The molecule has 14 heteroatoms. The van der Waals surface area contributed by atoms with E-state index in [-0.39, 0.29) is 21.0 Å². The van der Waals surface area contributed by atoms with Gasteiger partial charge in [-0.25, -0.2) is 22.2 Å². The van der Waals surface area contributed by atoms with E-state index in [0.29, 0.717) is 28.3 Å². The lowest BCUT2D eigenvalue weighted by Gasteiger charge is -2.13. The highest BCUT2D eigenvalue weighted by molar-refractivity contribution is 7.93. The molecule has 4 N–H and O–H groups in total. The molecular weight excluding hydrogens is 507 g/mol. The second-order valence-corrected chi connectivity index (χ2v) is 9.98. The zero-order valence-corrected chi connectivity index (χ0v) is 18.7. The van der Waals surface area contributed by atoms with Gasteiger partial charge in [0.2, 0.25) is 0 Å². The molecule has 0 aliphatic heterocycles. The van der Waals surface area contributed by atoms with Gasteiger partial charge in [-0.05, 0) is 18.2 Å². The van der Waals surface area contributed by atoms with Crippen LogP contribution in [0, 0.1) is 11.6 Å². The number of anilines is 2. The Bertz CT molecular complexity index is 1430. The molecule has 4 rings (SSSR count). The number of nitrogens with zero attached hydrogens (tertiary/aromatic N) is 2. The van der Waals surface area contributed by atoms with E-state index in [2.05, 4.69) is 15.2 Å². The average Bonchev–Trinajstić information content (AvgIpc) is 3.33. The number of hydrogen-bond acceptors (Lipinski definition) is 7. The summed E-state index contributed by atoms with van der Waals surface area (Å²) in [6, 6.07) is 5.54.